The third-order valence-corrected chi connectivity index (χ3v) is 3.71. The number of hydrogen-bond donors (Lipinski definition) is 0. The van der Waals surface area contributed by atoms with Gasteiger partial charge >= 0.3 is 0 Å². The maximum absolute atomic E-state index is 12.1. The molecule has 0 radical (unpaired) electrons. The van der Waals surface area contributed by atoms with E-state index in [1.54, 1.807) is 0 Å². The summed E-state index contributed by atoms with van der Waals surface area (Å²) in [6.45, 7) is 3.11. The molecule has 0 aliphatic heterocycles. The van der Waals surface area contributed by atoms with E-state index >= 15 is 0 Å². The topological polar surface area (TPSA) is 20.3 Å². The average Bonchev–Trinajstić information content (AvgIpc) is 2.50. The summed E-state index contributed by atoms with van der Waals surface area (Å²) < 4.78 is 0. The van der Waals surface area contributed by atoms with Crippen molar-refractivity contribution in [3.8, 4) is 0 Å². The van der Waals surface area contributed by atoms with Crippen molar-refractivity contribution in [3.05, 3.63) is 35.9 Å². The zero-order chi connectivity index (χ0) is 14.6. The van der Waals surface area contributed by atoms with Crippen molar-refractivity contribution in [1.29, 1.82) is 0 Å². The number of carbonyl (C=O) groups is 1. The molecule has 1 rings (SSSR count). The Morgan fingerprint density at radius 2 is 1.45 bits per heavy atom. The predicted octanol–water partition coefficient (Wildman–Crippen LogP) is 4.90. The van der Waals surface area contributed by atoms with E-state index in [0.29, 0.717) is 0 Å². The maximum atomic E-state index is 12.1. The van der Waals surface area contributed by atoms with Gasteiger partial charge < -0.3 is 4.90 Å². The normalized spacial score (nSPS) is 10.5. The van der Waals surface area contributed by atoms with E-state index in [9.17, 15) is 4.79 Å². The van der Waals surface area contributed by atoms with Gasteiger partial charge in [0.15, 0.2) is 0 Å². The second-order valence-electron chi connectivity index (χ2n) is 5.57. The molecule has 0 aliphatic rings. The summed E-state index contributed by atoms with van der Waals surface area (Å²) in [4.78, 5) is 13.9. The van der Waals surface area contributed by atoms with Crippen LogP contribution in [0, 0.1) is 0 Å². The van der Waals surface area contributed by atoms with Crippen LogP contribution in [0.5, 0.6) is 0 Å². The van der Waals surface area contributed by atoms with Crippen molar-refractivity contribution >= 4 is 5.91 Å². The van der Waals surface area contributed by atoms with Crippen LogP contribution in [-0.4, -0.2) is 24.4 Å². The van der Waals surface area contributed by atoms with Crippen LogP contribution in [0.3, 0.4) is 0 Å². The van der Waals surface area contributed by atoms with Crippen LogP contribution in [0.15, 0.2) is 30.3 Å². The molecule has 1 aromatic rings. The lowest BCUT2D eigenvalue weighted by atomic mass is 10.1. The molecule has 0 bridgehead atoms. The van der Waals surface area contributed by atoms with Gasteiger partial charge in [0.25, 0.3) is 5.91 Å². The molecule has 112 valence electrons. The summed E-state index contributed by atoms with van der Waals surface area (Å²) in [5.41, 5.74) is 0.787. The molecule has 0 saturated carbocycles. The van der Waals surface area contributed by atoms with E-state index in [1.807, 2.05) is 42.3 Å². The van der Waals surface area contributed by atoms with Gasteiger partial charge in [-0.05, 0) is 18.6 Å². The first kappa shape index (κ1) is 16.7. The Balaban J connectivity index is 2.08. The van der Waals surface area contributed by atoms with Crippen LogP contribution in [0.4, 0.5) is 0 Å². The van der Waals surface area contributed by atoms with Crippen LogP contribution in [0.25, 0.3) is 0 Å². The standard InChI is InChI=1S/C18H29NO/c1-3-4-5-6-7-8-9-13-16-19(2)18(20)17-14-11-10-12-15-17/h10-12,14-15H,3-9,13,16H2,1-2H3. The first-order valence-corrected chi connectivity index (χ1v) is 8.06. The fourth-order valence-corrected chi connectivity index (χ4v) is 2.39. The van der Waals surface area contributed by atoms with Gasteiger partial charge in [0.05, 0.1) is 0 Å². The van der Waals surface area contributed by atoms with Crippen molar-refractivity contribution in [2.24, 2.45) is 0 Å². The molecule has 1 amide bonds. The molecule has 0 heterocycles. The van der Waals surface area contributed by atoms with Gasteiger partial charge in [-0.3, -0.25) is 4.79 Å². The number of nitrogens with zero attached hydrogens (tertiary/aromatic N) is 1. The summed E-state index contributed by atoms with van der Waals surface area (Å²) in [6, 6.07) is 9.53. The first-order valence-electron chi connectivity index (χ1n) is 8.06. The van der Waals surface area contributed by atoms with E-state index in [2.05, 4.69) is 6.92 Å². The zero-order valence-corrected chi connectivity index (χ0v) is 13.1. The minimum absolute atomic E-state index is 0.133. The Kier molecular flexibility index (Phi) is 8.77. The van der Waals surface area contributed by atoms with Crippen molar-refractivity contribution in [2.45, 2.75) is 58.3 Å². The van der Waals surface area contributed by atoms with Crippen LogP contribution < -0.4 is 0 Å². The molecule has 0 spiro atoms. The molecule has 0 aliphatic carbocycles. The Labute approximate surface area is 124 Å². The smallest absolute Gasteiger partial charge is 0.253 e. The number of carbonyl (C=O) groups excluding carboxylic acids is 1. The average molecular weight is 275 g/mol. The second-order valence-corrected chi connectivity index (χ2v) is 5.57. The Hall–Kier alpha value is -1.31. The molecular formula is C18H29NO. The predicted molar refractivity (Wildman–Crippen MR) is 86.0 cm³/mol. The summed E-state index contributed by atoms with van der Waals surface area (Å²) in [7, 11) is 1.90. The lowest BCUT2D eigenvalue weighted by Crippen LogP contribution is -2.27. The summed E-state index contributed by atoms with van der Waals surface area (Å²) in [6.07, 6.45) is 10.4. The highest BCUT2D eigenvalue weighted by Crippen LogP contribution is 2.09. The van der Waals surface area contributed by atoms with Crippen LogP contribution in [0.1, 0.15) is 68.6 Å². The van der Waals surface area contributed by atoms with Crippen molar-refractivity contribution in [1.82, 2.24) is 4.90 Å². The quantitative estimate of drug-likeness (QED) is 0.556. The summed E-state index contributed by atoms with van der Waals surface area (Å²) in [5, 5.41) is 0. The molecule has 0 saturated heterocycles. The molecule has 20 heavy (non-hydrogen) atoms. The number of rotatable bonds is 10. The lowest BCUT2D eigenvalue weighted by Gasteiger charge is -2.17. The van der Waals surface area contributed by atoms with E-state index < -0.39 is 0 Å². The van der Waals surface area contributed by atoms with E-state index in [4.69, 9.17) is 0 Å². The monoisotopic (exact) mass is 275 g/mol. The minimum Gasteiger partial charge on any atom is -0.342 e. The maximum Gasteiger partial charge on any atom is 0.253 e. The van der Waals surface area contributed by atoms with Gasteiger partial charge in [-0.25, -0.2) is 0 Å². The lowest BCUT2D eigenvalue weighted by molar-refractivity contribution is 0.0792. The third-order valence-electron chi connectivity index (χ3n) is 3.71. The van der Waals surface area contributed by atoms with Crippen molar-refractivity contribution in [2.75, 3.05) is 13.6 Å². The zero-order valence-electron chi connectivity index (χ0n) is 13.1. The number of unbranched alkanes of at least 4 members (excludes halogenated alkanes) is 7. The molecule has 1 aromatic carbocycles. The largest absolute Gasteiger partial charge is 0.342 e. The first-order chi connectivity index (χ1) is 9.75. The SMILES string of the molecule is CCCCCCCCCCN(C)C(=O)c1ccccc1. The summed E-state index contributed by atoms with van der Waals surface area (Å²) >= 11 is 0. The van der Waals surface area contributed by atoms with Gasteiger partial charge in [-0.15, -0.1) is 0 Å². The molecule has 0 unspecified atom stereocenters. The van der Waals surface area contributed by atoms with Crippen LogP contribution in [0.2, 0.25) is 0 Å². The van der Waals surface area contributed by atoms with E-state index in [1.165, 1.54) is 44.9 Å². The Morgan fingerprint density at radius 3 is 2.05 bits per heavy atom. The minimum atomic E-state index is 0.133. The summed E-state index contributed by atoms with van der Waals surface area (Å²) in [5.74, 6) is 0.133. The van der Waals surface area contributed by atoms with E-state index in [0.717, 1.165) is 18.5 Å². The molecule has 0 N–H and O–H groups in total. The highest BCUT2D eigenvalue weighted by molar-refractivity contribution is 5.93. The fraction of sp³-hybridized carbons (Fsp3) is 0.611. The van der Waals surface area contributed by atoms with Crippen LogP contribution >= 0.6 is 0 Å². The highest BCUT2D eigenvalue weighted by atomic mass is 16.2. The van der Waals surface area contributed by atoms with Gasteiger partial charge in [-0.2, -0.15) is 0 Å². The van der Waals surface area contributed by atoms with Crippen molar-refractivity contribution < 1.29 is 4.79 Å². The Morgan fingerprint density at radius 1 is 0.900 bits per heavy atom. The van der Waals surface area contributed by atoms with Crippen molar-refractivity contribution in [3.63, 3.8) is 0 Å². The van der Waals surface area contributed by atoms with Gasteiger partial charge in [-0.1, -0.05) is 70.1 Å². The van der Waals surface area contributed by atoms with Crippen LogP contribution in [-0.2, 0) is 0 Å². The Bertz CT molecular complexity index is 361. The molecule has 2 nitrogen and oxygen atoms in total. The van der Waals surface area contributed by atoms with E-state index in [-0.39, 0.29) is 5.91 Å². The number of hydrogen-bond acceptors (Lipinski definition) is 1. The van der Waals surface area contributed by atoms with Gasteiger partial charge in [0, 0.05) is 19.2 Å². The fourth-order valence-electron chi connectivity index (χ4n) is 2.39. The second kappa shape index (κ2) is 10.5. The molecule has 2 heteroatoms. The third kappa shape index (κ3) is 6.74. The molecule has 0 fully saturated rings. The molecule has 0 aromatic heterocycles. The van der Waals surface area contributed by atoms with Gasteiger partial charge in [0.2, 0.25) is 0 Å². The molecular weight excluding hydrogens is 246 g/mol. The van der Waals surface area contributed by atoms with Gasteiger partial charge in [0.1, 0.15) is 0 Å². The number of amides is 1. The molecule has 0 atom stereocenters. The highest BCUT2D eigenvalue weighted by Gasteiger charge is 2.09. The number of benzene rings is 1.